The lowest BCUT2D eigenvalue weighted by Gasteiger charge is -2.36. The highest BCUT2D eigenvalue weighted by Gasteiger charge is 2.47. The van der Waals surface area contributed by atoms with Gasteiger partial charge in [-0.05, 0) is 108 Å². The predicted octanol–water partition coefficient (Wildman–Crippen LogP) is 11.2. The SMILES string of the molecule is C=C(C)C(=O)OCCOCCOc1ccc(C2(c3ccc(OCCOCCOC(=O)C(=C)C)c(C4CCCCC4)c3)c3ccccc3-c3ccccc32)cc1C1CCCCC1. The molecule has 0 N–H and O–H groups in total. The monoisotopic (exact) mass is 826 g/mol. The van der Waals surface area contributed by atoms with Crippen LogP contribution in [-0.2, 0) is 34.0 Å². The van der Waals surface area contributed by atoms with E-state index in [4.69, 9.17) is 28.4 Å². The molecule has 322 valence electrons. The van der Waals surface area contributed by atoms with Gasteiger partial charge in [-0.15, -0.1) is 0 Å². The quantitative estimate of drug-likeness (QED) is 0.0435. The summed E-state index contributed by atoms with van der Waals surface area (Å²) < 4.78 is 35.1. The molecule has 0 amide bonds. The Morgan fingerprint density at radius 1 is 0.525 bits per heavy atom. The Labute approximate surface area is 362 Å². The van der Waals surface area contributed by atoms with Crippen LogP contribution in [0.1, 0.15) is 123 Å². The first-order chi connectivity index (χ1) is 29.8. The zero-order valence-electron chi connectivity index (χ0n) is 36.1. The summed E-state index contributed by atoms with van der Waals surface area (Å²) in [6.45, 7) is 13.1. The van der Waals surface area contributed by atoms with Crippen LogP contribution in [0.4, 0.5) is 0 Å². The van der Waals surface area contributed by atoms with Gasteiger partial charge in [0.1, 0.15) is 37.9 Å². The van der Waals surface area contributed by atoms with E-state index < -0.39 is 17.4 Å². The molecule has 3 aliphatic rings. The number of rotatable bonds is 20. The normalized spacial score (nSPS) is 16.0. The highest BCUT2D eigenvalue weighted by molar-refractivity contribution is 5.88. The van der Waals surface area contributed by atoms with Crippen molar-refractivity contribution in [3.8, 4) is 22.6 Å². The average molecular weight is 827 g/mol. The van der Waals surface area contributed by atoms with Gasteiger partial charge in [0, 0.05) is 11.1 Å². The third-order valence-corrected chi connectivity index (χ3v) is 12.5. The van der Waals surface area contributed by atoms with Crippen molar-refractivity contribution in [3.05, 3.63) is 143 Å². The number of fused-ring (bicyclic) bond motifs is 3. The fourth-order valence-electron chi connectivity index (χ4n) is 9.57. The second-order valence-corrected chi connectivity index (χ2v) is 16.8. The van der Waals surface area contributed by atoms with E-state index >= 15 is 0 Å². The number of hydrogen-bond donors (Lipinski definition) is 0. The van der Waals surface area contributed by atoms with Crippen LogP contribution in [0.25, 0.3) is 11.1 Å². The van der Waals surface area contributed by atoms with Gasteiger partial charge in [0.15, 0.2) is 0 Å². The standard InChI is InChI=1S/C53H62O8/c1-37(2)51(54)60-33-29-56-27-31-58-49-25-23-41(35-45(49)39-15-7-5-8-16-39)53(47-21-13-11-19-43(47)44-20-12-14-22-48(44)53)42-24-26-50(46(36-42)40-17-9-6-10-18-40)59-32-28-57-30-34-61-52(55)38(3)4/h11-14,19-26,35-36,39-40H,1,3,5-10,15-18,27-34H2,2,4H3. The van der Waals surface area contributed by atoms with Gasteiger partial charge in [0.2, 0.25) is 0 Å². The Balaban J connectivity index is 1.23. The van der Waals surface area contributed by atoms with Gasteiger partial charge in [0.05, 0.1) is 31.8 Å². The van der Waals surface area contributed by atoms with Crippen molar-refractivity contribution in [2.24, 2.45) is 0 Å². The summed E-state index contributed by atoms with van der Waals surface area (Å²) in [6.07, 6.45) is 11.9. The van der Waals surface area contributed by atoms with E-state index in [1.807, 2.05) is 0 Å². The van der Waals surface area contributed by atoms with Gasteiger partial charge >= 0.3 is 11.9 Å². The Hall–Kier alpha value is -5.18. The van der Waals surface area contributed by atoms with Crippen molar-refractivity contribution >= 4 is 11.9 Å². The van der Waals surface area contributed by atoms with E-state index in [1.165, 1.54) is 83.0 Å². The highest BCUT2D eigenvalue weighted by atomic mass is 16.6. The van der Waals surface area contributed by atoms with E-state index in [0.29, 0.717) is 62.6 Å². The smallest absolute Gasteiger partial charge is 0.333 e. The Bertz CT molecular complexity index is 2000. The zero-order chi connectivity index (χ0) is 42.6. The molecule has 61 heavy (non-hydrogen) atoms. The molecule has 3 aliphatic carbocycles. The Morgan fingerprint density at radius 3 is 1.33 bits per heavy atom. The van der Waals surface area contributed by atoms with Crippen LogP contribution in [0.3, 0.4) is 0 Å². The third-order valence-electron chi connectivity index (χ3n) is 12.5. The summed E-state index contributed by atoms with van der Waals surface area (Å²) in [6, 6.07) is 31.7. The van der Waals surface area contributed by atoms with Crippen LogP contribution in [0, 0.1) is 0 Å². The molecule has 0 saturated heterocycles. The molecule has 0 aromatic heterocycles. The summed E-state index contributed by atoms with van der Waals surface area (Å²) >= 11 is 0. The molecule has 0 unspecified atom stereocenters. The molecule has 0 bridgehead atoms. The fraction of sp³-hybridized carbons (Fsp3) is 0.434. The van der Waals surface area contributed by atoms with E-state index in [9.17, 15) is 9.59 Å². The average Bonchev–Trinajstić information content (AvgIpc) is 3.59. The maximum atomic E-state index is 11.8. The molecule has 2 saturated carbocycles. The summed E-state index contributed by atoms with van der Waals surface area (Å²) in [5, 5.41) is 0. The van der Waals surface area contributed by atoms with Crippen molar-refractivity contribution in [3.63, 3.8) is 0 Å². The van der Waals surface area contributed by atoms with Crippen molar-refractivity contribution in [1.82, 2.24) is 0 Å². The van der Waals surface area contributed by atoms with Gasteiger partial charge in [0.25, 0.3) is 0 Å². The van der Waals surface area contributed by atoms with Crippen LogP contribution in [0.15, 0.2) is 109 Å². The minimum atomic E-state index is -0.578. The molecule has 8 nitrogen and oxygen atoms in total. The lowest BCUT2D eigenvalue weighted by atomic mass is 9.66. The van der Waals surface area contributed by atoms with E-state index in [0.717, 1.165) is 37.2 Å². The summed E-state index contributed by atoms with van der Waals surface area (Å²) in [5.74, 6) is 1.79. The first kappa shape index (κ1) is 43.9. The van der Waals surface area contributed by atoms with E-state index in [2.05, 4.69) is 98.1 Å². The molecule has 2 fully saturated rings. The molecule has 0 heterocycles. The summed E-state index contributed by atoms with van der Waals surface area (Å²) in [5.41, 5.74) is 10.2. The van der Waals surface area contributed by atoms with Gasteiger partial charge < -0.3 is 28.4 Å². The molecule has 0 aliphatic heterocycles. The fourth-order valence-corrected chi connectivity index (χ4v) is 9.57. The lowest BCUT2D eigenvalue weighted by Crippen LogP contribution is -2.29. The van der Waals surface area contributed by atoms with Crippen LogP contribution >= 0.6 is 0 Å². The van der Waals surface area contributed by atoms with Gasteiger partial charge in [-0.2, -0.15) is 0 Å². The molecule has 4 aromatic carbocycles. The van der Waals surface area contributed by atoms with Crippen molar-refractivity contribution < 1.29 is 38.0 Å². The number of carbonyl (C=O) groups is 2. The number of carbonyl (C=O) groups excluding carboxylic acids is 2. The second-order valence-electron chi connectivity index (χ2n) is 16.8. The van der Waals surface area contributed by atoms with Crippen molar-refractivity contribution in [2.75, 3.05) is 52.9 Å². The molecule has 4 aromatic rings. The highest BCUT2D eigenvalue weighted by Crippen LogP contribution is 2.57. The van der Waals surface area contributed by atoms with Crippen molar-refractivity contribution in [1.29, 1.82) is 0 Å². The van der Waals surface area contributed by atoms with Crippen LogP contribution < -0.4 is 9.47 Å². The van der Waals surface area contributed by atoms with E-state index in [-0.39, 0.29) is 13.2 Å². The van der Waals surface area contributed by atoms with Gasteiger partial charge in [-0.1, -0.05) is 124 Å². The van der Waals surface area contributed by atoms with Gasteiger partial charge in [-0.3, -0.25) is 0 Å². The third kappa shape index (κ3) is 10.1. The van der Waals surface area contributed by atoms with Gasteiger partial charge in [-0.25, -0.2) is 9.59 Å². The van der Waals surface area contributed by atoms with E-state index in [1.54, 1.807) is 13.8 Å². The Kier molecular flexibility index (Phi) is 15.2. The topological polar surface area (TPSA) is 89.5 Å². The summed E-state index contributed by atoms with van der Waals surface area (Å²) in [7, 11) is 0. The number of benzene rings is 4. The molecule has 7 rings (SSSR count). The molecular formula is C53H62O8. The molecule has 8 heteroatoms. The summed E-state index contributed by atoms with van der Waals surface area (Å²) in [4.78, 5) is 23.5. The first-order valence-corrected chi connectivity index (χ1v) is 22.3. The molecule has 0 atom stereocenters. The second kappa shape index (κ2) is 21.1. The number of ether oxygens (including phenoxy) is 6. The Morgan fingerprint density at radius 2 is 0.918 bits per heavy atom. The van der Waals surface area contributed by atoms with Crippen LogP contribution in [-0.4, -0.2) is 64.8 Å². The maximum absolute atomic E-state index is 11.8. The molecule has 0 radical (unpaired) electrons. The first-order valence-electron chi connectivity index (χ1n) is 22.3. The lowest BCUT2D eigenvalue weighted by molar-refractivity contribution is -0.141. The zero-order valence-corrected chi connectivity index (χ0v) is 36.1. The predicted molar refractivity (Wildman–Crippen MR) is 240 cm³/mol. The molecule has 0 spiro atoms. The van der Waals surface area contributed by atoms with Crippen molar-refractivity contribution in [2.45, 2.75) is 95.3 Å². The molecular weight excluding hydrogens is 765 g/mol. The minimum Gasteiger partial charge on any atom is -0.491 e. The largest absolute Gasteiger partial charge is 0.491 e. The minimum absolute atomic E-state index is 0.180. The van der Waals surface area contributed by atoms with Crippen LogP contribution in [0.2, 0.25) is 0 Å². The number of esters is 2. The number of hydrogen-bond acceptors (Lipinski definition) is 8. The maximum Gasteiger partial charge on any atom is 0.333 e. The van der Waals surface area contributed by atoms with Crippen LogP contribution in [0.5, 0.6) is 11.5 Å².